The molecule has 1 atom stereocenters. The molecule has 5 heteroatoms. The molecule has 0 spiro atoms. The average Bonchev–Trinajstić information content (AvgIpc) is 2.03. The first-order valence-electron chi connectivity index (χ1n) is 3.48. The number of hydrogen-bond acceptors (Lipinski definition) is 3. The molecule has 0 saturated carbocycles. The van der Waals surface area contributed by atoms with E-state index in [-0.39, 0.29) is 0 Å². The van der Waals surface area contributed by atoms with Gasteiger partial charge < -0.3 is 15.9 Å². The summed E-state index contributed by atoms with van der Waals surface area (Å²) in [6.45, 7) is 0. The minimum absolute atomic E-state index is 0.363. The number of aliphatic hydroxyl groups excluding tert-OH is 1. The molecule has 0 aromatic heterocycles. The number of nitrogen functional groups attached to an aromatic ring is 1. The van der Waals surface area contributed by atoms with Gasteiger partial charge in [0.05, 0.1) is 0 Å². The zero-order valence-electron chi connectivity index (χ0n) is 6.57. The van der Waals surface area contributed by atoms with E-state index in [2.05, 4.69) is 0 Å². The van der Waals surface area contributed by atoms with Crippen LogP contribution in [0.15, 0.2) is 18.2 Å². The second-order valence-electron chi connectivity index (χ2n) is 2.52. The van der Waals surface area contributed by atoms with Gasteiger partial charge in [-0.1, -0.05) is 6.07 Å². The molecular formula is C8H8INO3. The van der Waals surface area contributed by atoms with Crippen LogP contribution >= 0.6 is 22.6 Å². The molecule has 1 unspecified atom stereocenters. The van der Waals surface area contributed by atoms with Crippen molar-refractivity contribution in [1.82, 2.24) is 0 Å². The van der Waals surface area contributed by atoms with Crippen LogP contribution in [0.2, 0.25) is 0 Å². The average molecular weight is 293 g/mol. The van der Waals surface area contributed by atoms with Gasteiger partial charge in [0.2, 0.25) is 0 Å². The third-order valence-corrected chi connectivity index (χ3v) is 2.49. The summed E-state index contributed by atoms with van der Waals surface area (Å²) in [4.78, 5) is 10.5. The van der Waals surface area contributed by atoms with E-state index in [1.54, 1.807) is 12.1 Å². The first-order valence-corrected chi connectivity index (χ1v) is 4.56. The van der Waals surface area contributed by atoms with Crippen molar-refractivity contribution < 1.29 is 15.0 Å². The molecule has 1 aromatic rings. The van der Waals surface area contributed by atoms with E-state index in [9.17, 15) is 9.90 Å². The van der Waals surface area contributed by atoms with Crippen LogP contribution in [-0.2, 0) is 4.79 Å². The summed E-state index contributed by atoms with van der Waals surface area (Å²) < 4.78 is 0.646. The van der Waals surface area contributed by atoms with Crippen LogP contribution in [0.5, 0.6) is 0 Å². The zero-order valence-corrected chi connectivity index (χ0v) is 8.72. The Morgan fingerprint density at radius 1 is 1.54 bits per heavy atom. The fourth-order valence-electron chi connectivity index (χ4n) is 0.898. The molecular weight excluding hydrogens is 285 g/mol. The molecule has 4 nitrogen and oxygen atoms in total. The molecule has 0 fully saturated rings. The molecule has 0 heterocycles. The summed E-state index contributed by atoms with van der Waals surface area (Å²) in [6.07, 6.45) is -1.48. The zero-order chi connectivity index (χ0) is 10.0. The number of nitrogens with two attached hydrogens (primary N) is 1. The number of carbonyl (C=O) groups is 1. The number of halogens is 1. The Kier molecular flexibility index (Phi) is 3.10. The van der Waals surface area contributed by atoms with Crippen LogP contribution in [0, 0.1) is 3.57 Å². The van der Waals surface area contributed by atoms with E-state index < -0.39 is 12.1 Å². The number of aliphatic hydroxyl groups is 1. The van der Waals surface area contributed by atoms with Crippen LogP contribution in [0.4, 0.5) is 5.69 Å². The molecule has 0 aliphatic rings. The van der Waals surface area contributed by atoms with Gasteiger partial charge in [0.25, 0.3) is 0 Å². The molecule has 70 valence electrons. The smallest absolute Gasteiger partial charge is 0.337 e. The Labute approximate surface area is 88.5 Å². The predicted molar refractivity (Wildman–Crippen MR) is 56.2 cm³/mol. The minimum Gasteiger partial charge on any atom is -0.479 e. The summed E-state index contributed by atoms with van der Waals surface area (Å²) in [7, 11) is 0. The SMILES string of the molecule is Nc1ccc(C(O)C(=O)O)c(I)c1. The number of benzene rings is 1. The third-order valence-electron chi connectivity index (χ3n) is 1.55. The third kappa shape index (κ3) is 2.31. The van der Waals surface area contributed by atoms with Gasteiger partial charge in [-0.05, 0) is 34.7 Å². The lowest BCUT2D eigenvalue weighted by molar-refractivity contribution is -0.147. The highest BCUT2D eigenvalue weighted by Crippen LogP contribution is 2.22. The summed E-state index contributed by atoms with van der Waals surface area (Å²) in [6, 6.07) is 4.68. The number of anilines is 1. The lowest BCUT2D eigenvalue weighted by atomic mass is 10.1. The summed E-state index contributed by atoms with van der Waals surface area (Å²) in [5.41, 5.74) is 6.38. The molecule has 1 aromatic carbocycles. The Morgan fingerprint density at radius 3 is 2.62 bits per heavy atom. The van der Waals surface area contributed by atoms with Gasteiger partial charge in [-0.25, -0.2) is 4.79 Å². The number of carboxylic acids is 1. The van der Waals surface area contributed by atoms with E-state index in [0.717, 1.165) is 0 Å². The highest BCUT2D eigenvalue weighted by atomic mass is 127. The largest absolute Gasteiger partial charge is 0.479 e. The second kappa shape index (κ2) is 3.93. The number of carboxylic acid groups (broad SMARTS) is 1. The summed E-state index contributed by atoms with van der Waals surface area (Å²) in [5.74, 6) is -1.26. The van der Waals surface area contributed by atoms with Crippen LogP contribution in [0.3, 0.4) is 0 Å². The fraction of sp³-hybridized carbons (Fsp3) is 0.125. The second-order valence-corrected chi connectivity index (χ2v) is 3.68. The molecule has 0 radical (unpaired) electrons. The molecule has 0 aliphatic heterocycles. The molecule has 0 amide bonds. The van der Waals surface area contributed by atoms with E-state index in [4.69, 9.17) is 10.8 Å². The van der Waals surface area contributed by atoms with Crippen molar-refractivity contribution in [3.05, 3.63) is 27.3 Å². The topological polar surface area (TPSA) is 83.5 Å². The van der Waals surface area contributed by atoms with Crippen LogP contribution < -0.4 is 5.73 Å². The van der Waals surface area contributed by atoms with Gasteiger partial charge in [0, 0.05) is 14.8 Å². The van der Waals surface area contributed by atoms with Gasteiger partial charge in [-0.2, -0.15) is 0 Å². The van der Waals surface area contributed by atoms with Crippen molar-refractivity contribution in [1.29, 1.82) is 0 Å². The van der Waals surface area contributed by atoms with Crippen molar-refractivity contribution in [3.63, 3.8) is 0 Å². The fourth-order valence-corrected chi connectivity index (χ4v) is 1.73. The Morgan fingerprint density at radius 2 is 2.15 bits per heavy atom. The normalized spacial score (nSPS) is 12.5. The molecule has 0 saturated heterocycles. The van der Waals surface area contributed by atoms with Gasteiger partial charge in [0.15, 0.2) is 6.10 Å². The van der Waals surface area contributed by atoms with E-state index in [1.165, 1.54) is 6.07 Å². The monoisotopic (exact) mass is 293 g/mol. The highest BCUT2D eigenvalue weighted by Gasteiger charge is 2.18. The van der Waals surface area contributed by atoms with Crippen molar-refractivity contribution in [2.75, 3.05) is 5.73 Å². The Hall–Kier alpha value is -0.820. The Balaban J connectivity index is 3.08. The van der Waals surface area contributed by atoms with Crippen molar-refractivity contribution in [2.45, 2.75) is 6.10 Å². The van der Waals surface area contributed by atoms with E-state index >= 15 is 0 Å². The van der Waals surface area contributed by atoms with Crippen molar-refractivity contribution in [3.8, 4) is 0 Å². The number of aliphatic carboxylic acids is 1. The number of rotatable bonds is 2. The summed E-state index contributed by atoms with van der Waals surface area (Å²) in [5, 5.41) is 17.8. The van der Waals surface area contributed by atoms with Crippen LogP contribution in [0.25, 0.3) is 0 Å². The number of hydrogen-bond donors (Lipinski definition) is 3. The maximum atomic E-state index is 10.5. The van der Waals surface area contributed by atoms with E-state index in [1.807, 2.05) is 22.6 Å². The lowest BCUT2D eigenvalue weighted by Crippen LogP contribution is -2.11. The first kappa shape index (κ1) is 10.3. The van der Waals surface area contributed by atoms with Crippen molar-refractivity contribution in [2.24, 2.45) is 0 Å². The standard InChI is InChI=1S/C8H8INO3/c9-6-3-4(10)1-2-5(6)7(11)8(12)13/h1-3,7,11H,10H2,(H,12,13). The van der Waals surface area contributed by atoms with Gasteiger partial charge in [0.1, 0.15) is 0 Å². The first-order chi connectivity index (χ1) is 6.02. The predicted octanol–water partition coefficient (Wildman–Crippen LogP) is 0.991. The maximum Gasteiger partial charge on any atom is 0.337 e. The molecule has 4 N–H and O–H groups in total. The molecule has 13 heavy (non-hydrogen) atoms. The molecule has 0 aliphatic carbocycles. The highest BCUT2D eigenvalue weighted by molar-refractivity contribution is 14.1. The maximum absolute atomic E-state index is 10.5. The van der Waals surface area contributed by atoms with Gasteiger partial charge >= 0.3 is 5.97 Å². The van der Waals surface area contributed by atoms with Crippen LogP contribution in [-0.4, -0.2) is 16.2 Å². The van der Waals surface area contributed by atoms with Crippen molar-refractivity contribution >= 4 is 34.2 Å². The minimum atomic E-state index is -1.48. The van der Waals surface area contributed by atoms with Gasteiger partial charge in [-0.15, -0.1) is 0 Å². The lowest BCUT2D eigenvalue weighted by Gasteiger charge is -2.08. The van der Waals surface area contributed by atoms with Crippen LogP contribution in [0.1, 0.15) is 11.7 Å². The summed E-state index contributed by atoms with van der Waals surface area (Å²) >= 11 is 1.93. The van der Waals surface area contributed by atoms with Gasteiger partial charge in [-0.3, -0.25) is 0 Å². The Bertz CT molecular complexity index is 340. The quantitative estimate of drug-likeness (QED) is 0.561. The molecule has 1 rings (SSSR count). The van der Waals surface area contributed by atoms with E-state index in [0.29, 0.717) is 14.8 Å². The molecule has 0 bridgehead atoms.